The molecule has 5 aromatic carbocycles. The van der Waals surface area contributed by atoms with E-state index in [9.17, 15) is 9.59 Å². The zero-order valence-electron chi connectivity index (χ0n) is 30.0. The molecule has 2 N–H and O–H groups in total. The molecule has 0 spiro atoms. The summed E-state index contributed by atoms with van der Waals surface area (Å²) < 4.78 is 2.08. The van der Waals surface area contributed by atoms with Crippen molar-refractivity contribution < 1.29 is 9.59 Å². The summed E-state index contributed by atoms with van der Waals surface area (Å²) in [5.74, 6) is 0.377. The van der Waals surface area contributed by atoms with E-state index >= 15 is 0 Å². The quantitative estimate of drug-likeness (QED) is 0.123. The van der Waals surface area contributed by atoms with E-state index in [0.717, 1.165) is 65.0 Å². The fraction of sp³-hybridized carbons (Fsp3) is 0.217. The summed E-state index contributed by atoms with van der Waals surface area (Å²) in [7, 11) is 0. The van der Waals surface area contributed by atoms with Gasteiger partial charge >= 0.3 is 0 Å². The summed E-state index contributed by atoms with van der Waals surface area (Å²) in [5, 5.41) is 12.2. The van der Waals surface area contributed by atoms with Crippen LogP contribution in [-0.2, 0) is 10.3 Å². The summed E-state index contributed by atoms with van der Waals surface area (Å²) in [4.78, 5) is 35.2. The number of aromatic nitrogens is 3. The summed E-state index contributed by atoms with van der Waals surface area (Å²) in [5.41, 5.74) is 6.00. The highest BCUT2D eigenvalue weighted by Crippen LogP contribution is 2.50. The third-order valence-corrected chi connectivity index (χ3v) is 11.5. The normalized spacial score (nSPS) is 20.6. The molecule has 268 valence electrons. The molecule has 0 unspecified atom stereocenters. The minimum atomic E-state index is -0.856. The van der Waals surface area contributed by atoms with Crippen LogP contribution in [0.1, 0.15) is 76.2 Å². The number of nitrogens with one attached hydrogen (secondary N) is 2. The van der Waals surface area contributed by atoms with Gasteiger partial charge in [-0.05, 0) is 53.3 Å². The number of anilines is 1. The highest BCUT2D eigenvalue weighted by Gasteiger charge is 2.48. The number of amides is 2. The summed E-state index contributed by atoms with van der Waals surface area (Å²) in [6.07, 6.45) is 7.30. The maximum absolute atomic E-state index is 14.9. The number of fused-ring (bicyclic) bond motifs is 3. The first-order valence-corrected chi connectivity index (χ1v) is 18.9. The van der Waals surface area contributed by atoms with E-state index in [4.69, 9.17) is 10.1 Å². The van der Waals surface area contributed by atoms with Gasteiger partial charge in [-0.3, -0.25) is 9.59 Å². The first-order chi connectivity index (χ1) is 26.6. The molecule has 2 aliphatic heterocycles. The van der Waals surface area contributed by atoms with Gasteiger partial charge in [-0.25, -0.2) is 9.67 Å². The van der Waals surface area contributed by atoms with Crippen LogP contribution in [0.2, 0.25) is 0 Å². The molecule has 8 nitrogen and oxygen atoms in total. The molecule has 54 heavy (non-hydrogen) atoms. The van der Waals surface area contributed by atoms with E-state index in [1.807, 2.05) is 65.6 Å². The standard InChI is InChI=1S/C46H42N6O2/c53-44(32-17-5-1-6-18-32)50-40-28-16-14-26-37(40)45(54)51-30-29-38-41(49-39-27-15-13-25-36(39)42(38)51)43-47-31-48-52(43)46(33-19-7-2-8-20-33,34-21-9-3-10-22-34)35-23-11-4-12-24-35/h1-13,15,17-25,27,29,31,37,40-42,49H,14,16,26,28,30H2,(H,50,53)/t37-,40+,41-,42+/m0/s1. The third kappa shape index (κ3) is 5.69. The van der Waals surface area contributed by atoms with E-state index in [0.29, 0.717) is 12.1 Å². The van der Waals surface area contributed by atoms with E-state index in [1.165, 1.54) is 0 Å². The number of hydrogen-bond acceptors (Lipinski definition) is 5. The molecule has 3 aliphatic rings. The molecule has 3 heterocycles. The molecular weight excluding hydrogens is 669 g/mol. The van der Waals surface area contributed by atoms with Crippen molar-refractivity contribution in [3.63, 3.8) is 0 Å². The topological polar surface area (TPSA) is 92.2 Å². The van der Waals surface area contributed by atoms with E-state index < -0.39 is 5.54 Å². The molecule has 1 saturated carbocycles. The van der Waals surface area contributed by atoms with Gasteiger partial charge in [0.05, 0.1) is 12.0 Å². The highest BCUT2D eigenvalue weighted by atomic mass is 16.2. The number of rotatable bonds is 8. The smallest absolute Gasteiger partial charge is 0.251 e. The van der Waals surface area contributed by atoms with Gasteiger partial charge in [0, 0.05) is 29.4 Å². The Bertz CT molecular complexity index is 2190. The monoisotopic (exact) mass is 710 g/mol. The van der Waals surface area contributed by atoms with Crippen LogP contribution in [0.15, 0.2) is 164 Å². The number of carbonyl (C=O) groups excluding carboxylic acids is 2. The minimum Gasteiger partial charge on any atom is -0.371 e. The number of carbonyl (C=O) groups is 2. The molecule has 1 aromatic heterocycles. The zero-order chi connectivity index (χ0) is 36.5. The fourth-order valence-electron chi connectivity index (χ4n) is 9.02. The summed E-state index contributed by atoms with van der Waals surface area (Å²) >= 11 is 0. The molecule has 6 aromatic rings. The lowest BCUT2D eigenvalue weighted by Crippen LogP contribution is -2.50. The van der Waals surface area contributed by atoms with Crippen molar-refractivity contribution in [3.8, 4) is 0 Å². The van der Waals surface area contributed by atoms with Crippen molar-refractivity contribution in [3.05, 3.63) is 197 Å². The van der Waals surface area contributed by atoms with Gasteiger partial charge in [0.15, 0.2) is 5.82 Å². The molecule has 9 rings (SSSR count). The molecule has 4 atom stereocenters. The van der Waals surface area contributed by atoms with Crippen LogP contribution >= 0.6 is 0 Å². The Hall–Kier alpha value is -6.28. The predicted molar refractivity (Wildman–Crippen MR) is 210 cm³/mol. The van der Waals surface area contributed by atoms with Crippen LogP contribution in [0.25, 0.3) is 0 Å². The maximum atomic E-state index is 14.9. The first kappa shape index (κ1) is 33.5. The Labute approximate surface area is 315 Å². The second-order valence-corrected chi connectivity index (χ2v) is 14.4. The van der Waals surface area contributed by atoms with Gasteiger partial charge in [0.2, 0.25) is 5.91 Å². The predicted octanol–water partition coefficient (Wildman–Crippen LogP) is 8.08. The van der Waals surface area contributed by atoms with Gasteiger partial charge in [0.25, 0.3) is 5.91 Å². The largest absolute Gasteiger partial charge is 0.371 e. The Kier molecular flexibility index (Phi) is 8.87. The average molecular weight is 711 g/mol. The molecule has 8 heteroatoms. The van der Waals surface area contributed by atoms with Crippen molar-refractivity contribution >= 4 is 17.5 Å². The zero-order valence-corrected chi connectivity index (χ0v) is 30.0. The molecule has 0 bridgehead atoms. The van der Waals surface area contributed by atoms with Crippen molar-refractivity contribution in [1.82, 2.24) is 25.0 Å². The molecule has 1 fully saturated rings. The third-order valence-electron chi connectivity index (χ3n) is 11.5. The average Bonchev–Trinajstić information content (AvgIpc) is 3.92. The van der Waals surface area contributed by atoms with Crippen molar-refractivity contribution in [2.75, 3.05) is 11.9 Å². The Morgan fingerprint density at radius 1 is 0.704 bits per heavy atom. The van der Waals surface area contributed by atoms with Crippen LogP contribution in [0, 0.1) is 5.92 Å². The van der Waals surface area contributed by atoms with Crippen LogP contribution in [-0.4, -0.2) is 44.1 Å². The minimum absolute atomic E-state index is 0.0773. The van der Waals surface area contributed by atoms with Crippen molar-refractivity contribution in [2.45, 2.75) is 49.3 Å². The Morgan fingerprint density at radius 3 is 1.93 bits per heavy atom. The Morgan fingerprint density at radius 2 is 1.28 bits per heavy atom. The second-order valence-electron chi connectivity index (χ2n) is 14.4. The van der Waals surface area contributed by atoms with Gasteiger partial charge in [-0.1, -0.05) is 146 Å². The van der Waals surface area contributed by atoms with Gasteiger partial charge in [-0.2, -0.15) is 5.10 Å². The van der Waals surface area contributed by atoms with E-state index in [1.54, 1.807) is 6.33 Å². The summed E-state index contributed by atoms with van der Waals surface area (Å²) in [6.45, 7) is 0.469. The lowest BCUT2D eigenvalue weighted by Gasteiger charge is -2.42. The van der Waals surface area contributed by atoms with Crippen LogP contribution in [0.4, 0.5) is 5.69 Å². The van der Waals surface area contributed by atoms with Crippen LogP contribution in [0.3, 0.4) is 0 Å². The number of benzene rings is 5. The van der Waals surface area contributed by atoms with Crippen LogP contribution in [0.5, 0.6) is 0 Å². The SMILES string of the molecule is O=C(N[C@@H]1CCCC[C@@H]1C(=O)N1CC=C2[C@@H](c3ncnn3C(c3ccccc3)(c3ccccc3)c3ccccc3)Nc3ccccc3[C@H]21)c1ccccc1. The second kappa shape index (κ2) is 14.3. The lowest BCUT2D eigenvalue weighted by atomic mass is 9.76. The van der Waals surface area contributed by atoms with Gasteiger partial charge in [0.1, 0.15) is 17.9 Å². The number of hydrogen-bond donors (Lipinski definition) is 2. The van der Waals surface area contributed by atoms with E-state index in [2.05, 4.69) is 106 Å². The fourth-order valence-corrected chi connectivity index (χ4v) is 9.02. The van der Waals surface area contributed by atoms with Gasteiger partial charge < -0.3 is 15.5 Å². The molecule has 0 radical (unpaired) electrons. The highest BCUT2D eigenvalue weighted by molar-refractivity contribution is 5.95. The summed E-state index contributed by atoms with van der Waals surface area (Å²) in [6, 6.07) is 48.1. The van der Waals surface area contributed by atoms with Crippen molar-refractivity contribution in [2.24, 2.45) is 5.92 Å². The first-order valence-electron chi connectivity index (χ1n) is 18.9. The number of nitrogens with zero attached hydrogens (tertiary/aromatic N) is 4. The van der Waals surface area contributed by atoms with Crippen LogP contribution < -0.4 is 10.6 Å². The number of para-hydroxylation sites is 1. The molecule has 1 aliphatic carbocycles. The molecule has 2 amide bonds. The van der Waals surface area contributed by atoms with Crippen molar-refractivity contribution in [1.29, 1.82) is 0 Å². The van der Waals surface area contributed by atoms with Gasteiger partial charge in [-0.15, -0.1) is 0 Å². The molecular formula is C46H42N6O2. The van der Waals surface area contributed by atoms with E-state index in [-0.39, 0.29) is 35.9 Å². The Balaban J connectivity index is 1.13. The molecule has 0 saturated heterocycles. The lowest BCUT2D eigenvalue weighted by molar-refractivity contribution is -0.138. The maximum Gasteiger partial charge on any atom is 0.251 e.